The smallest absolute Gasteiger partial charge is 0.0765 e. The summed E-state index contributed by atoms with van der Waals surface area (Å²) >= 11 is 0. The summed E-state index contributed by atoms with van der Waals surface area (Å²) in [6.45, 7) is 2.29. The van der Waals surface area contributed by atoms with Gasteiger partial charge in [0.1, 0.15) is 0 Å². The minimum absolute atomic E-state index is 0.111. The van der Waals surface area contributed by atoms with E-state index in [9.17, 15) is 5.11 Å². The maximum Gasteiger partial charge on any atom is 0.0765 e. The molecule has 0 amide bonds. The highest BCUT2D eigenvalue weighted by Gasteiger charge is 2.46. The third-order valence-corrected chi connectivity index (χ3v) is 5.03. The van der Waals surface area contributed by atoms with Gasteiger partial charge in [-0.15, -0.1) is 0 Å². The monoisotopic (exact) mass is 259 g/mol. The zero-order valence-electron chi connectivity index (χ0n) is 11.7. The molecule has 2 fully saturated rings. The molecule has 0 radical (unpaired) electrons. The van der Waals surface area contributed by atoms with Crippen LogP contribution in [0.4, 0.5) is 0 Å². The molecule has 1 aromatic carbocycles. The number of aliphatic hydroxyl groups excluding tert-OH is 1. The van der Waals surface area contributed by atoms with Crippen molar-refractivity contribution in [2.24, 2.45) is 0 Å². The molecule has 0 aromatic heterocycles. The van der Waals surface area contributed by atoms with E-state index in [4.69, 9.17) is 0 Å². The topological polar surface area (TPSA) is 23.5 Å². The summed E-state index contributed by atoms with van der Waals surface area (Å²) in [5, 5.41) is 10.8. The van der Waals surface area contributed by atoms with Crippen LogP contribution in [0, 0.1) is 0 Å². The largest absolute Gasteiger partial charge is 0.391 e. The Balaban J connectivity index is 1.99. The van der Waals surface area contributed by atoms with E-state index in [1.807, 2.05) is 0 Å². The predicted octanol–water partition coefficient (Wildman–Crippen LogP) is 3.30. The molecule has 1 saturated heterocycles. The average Bonchev–Trinajstić information content (AvgIpc) is 2.50. The number of hydrogen-bond donors (Lipinski definition) is 1. The van der Waals surface area contributed by atoms with Gasteiger partial charge in [0, 0.05) is 0 Å². The Morgan fingerprint density at radius 2 is 1.68 bits per heavy atom. The van der Waals surface area contributed by atoms with Gasteiger partial charge < -0.3 is 5.11 Å². The summed E-state index contributed by atoms with van der Waals surface area (Å²) in [4.78, 5) is 2.58. The summed E-state index contributed by atoms with van der Waals surface area (Å²) < 4.78 is 0. The van der Waals surface area contributed by atoms with Crippen LogP contribution < -0.4 is 0 Å². The second-order valence-electron chi connectivity index (χ2n) is 6.10. The average molecular weight is 259 g/mol. The Hall–Kier alpha value is -0.860. The van der Waals surface area contributed by atoms with Crippen LogP contribution in [0.2, 0.25) is 0 Å². The molecule has 1 aliphatic carbocycles. The number of aliphatic hydroxyl groups is 1. The van der Waals surface area contributed by atoms with Crippen LogP contribution >= 0.6 is 0 Å². The number of piperidine rings is 1. The highest BCUT2D eigenvalue weighted by molar-refractivity contribution is 5.27. The van der Waals surface area contributed by atoms with Crippen LogP contribution in [-0.4, -0.2) is 29.2 Å². The van der Waals surface area contributed by atoms with Gasteiger partial charge in [-0.2, -0.15) is 0 Å². The molecule has 2 unspecified atom stereocenters. The van der Waals surface area contributed by atoms with E-state index in [2.05, 4.69) is 35.2 Å². The van der Waals surface area contributed by atoms with E-state index >= 15 is 0 Å². The minimum Gasteiger partial charge on any atom is -0.391 e. The molecule has 104 valence electrons. The Morgan fingerprint density at radius 1 is 0.947 bits per heavy atom. The second-order valence-corrected chi connectivity index (χ2v) is 6.10. The maximum atomic E-state index is 10.8. The number of benzene rings is 1. The first-order chi connectivity index (χ1) is 9.34. The number of rotatable bonds is 2. The molecular formula is C17H25NO. The fourth-order valence-corrected chi connectivity index (χ4v) is 4.05. The van der Waals surface area contributed by atoms with Gasteiger partial charge in [-0.05, 0) is 44.3 Å². The highest BCUT2D eigenvalue weighted by Crippen LogP contribution is 2.43. The lowest BCUT2D eigenvalue weighted by Gasteiger charge is -2.51. The van der Waals surface area contributed by atoms with Crippen LogP contribution in [0.15, 0.2) is 30.3 Å². The molecule has 0 spiro atoms. The van der Waals surface area contributed by atoms with Crippen molar-refractivity contribution in [3.05, 3.63) is 35.9 Å². The van der Waals surface area contributed by atoms with Gasteiger partial charge in [-0.1, -0.05) is 49.6 Å². The Kier molecular flexibility index (Phi) is 3.90. The first-order valence-corrected chi connectivity index (χ1v) is 7.83. The summed E-state index contributed by atoms with van der Waals surface area (Å²) in [6, 6.07) is 10.7. The van der Waals surface area contributed by atoms with E-state index in [1.54, 1.807) is 0 Å². The van der Waals surface area contributed by atoms with E-state index in [-0.39, 0.29) is 11.6 Å². The first-order valence-electron chi connectivity index (χ1n) is 7.83. The molecule has 1 N–H and O–H groups in total. The van der Waals surface area contributed by atoms with E-state index in [1.165, 1.54) is 37.7 Å². The first kappa shape index (κ1) is 13.1. The van der Waals surface area contributed by atoms with Gasteiger partial charge in [0.2, 0.25) is 0 Å². The fourth-order valence-electron chi connectivity index (χ4n) is 4.05. The molecule has 19 heavy (non-hydrogen) atoms. The summed E-state index contributed by atoms with van der Waals surface area (Å²) in [5.74, 6) is 0. The van der Waals surface area contributed by atoms with Gasteiger partial charge >= 0.3 is 0 Å². The van der Waals surface area contributed by atoms with Crippen molar-refractivity contribution in [2.45, 2.75) is 56.6 Å². The van der Waals surface area contributed by atoms with Crippen LogP contribution in [0.25, 0.3) is 0 Å². The van der Waals surface area contributed by atoms with Crippen molar-refractivity contribution in [3.8, 4) is 0 Å². The fraction of sp³-hybridized carbons (Fsp3) is 0.647. The molecule has 1 aromatic rings. The molecule has 2 nitrogen and oxygen atoms in total. The standard InChI is InChI=1S/C17H25NO/c19-16-11-5-6-12-17(16,15-9-3-1-4-10-15)18-13-7-2-8-14-18/h1,3-4,9-10,16,19H,2,5-8,11-14H2. The van der Waals surface area contributed by atoms with Crippen LogP contribution in [0.5, 0.6) is 0 Å². The maximum absolute atomic E-state index is 10.8. The van der Waals surface area contributed by atoms with Gasteiger partial charge in [0.15, 0.2) is 0 Å². The van der Waals surface area contributed by atoms with Crippen molar-refractivity contribution < 1.29 is 5.11 Å². The van der Waals surface area contributed by atoms with E-state index in [0.29, 0.717) is 0 Å². The quantitative estimate of drug-likeness (QED) is 0.881. The molecule has 1 saturated carbocycles. The normalized spacial score (nSPS) is 33.2. The van der Waals surface area contributed by atoms with Crippen molar-refractivity contribution in [2.75, 3.05) is 13.1 Å². The van der Waals surface area contributed by atoms with Crippen molar-refractivity contribution in [3.63, 3.8) is 0 Å². The van der Waals surface area contributed by atoms with Gasteiger partial charge in [-0.3, -0.25) is 4.90 Å². The lowest BCUT2D eigenvalue weighted by atomic mass is 9.72. The Morgan fingerprint density at radius 3 is 2.37 bits per heavy atom. The number of likely N-dealkylation sites (tertiary alicyclic amines) is 1. The van der Waals surface area contributed by atoms with Crippen LogP contribution in [0.1, 0.15) is 50.5 Å². The van der Waals surface area contributed by atoms with Crippen LogP contribution in [0.3, 0.4) is 0 Å². The summed E-state index contributed by atoms with van der Waals surface area (Å²) in [6.07, 6.45) is 8.16. The lowest BCUT2D eigenvalue weighted by Crippen LogP contribution is -2.57. The van der Waals surface area contributed by atoms with Crippen molar-refractivity contribution >= 4 is 0 Å². The summed E-state index contributed by atoms with van der Waals surface area (Å²) in [7, 11) is 0. The third kappa shape index (κ3) is 2.32. The van der Waals surface area contributed by atoms with Gasteiger partial charge in [0.25, 0.3) is 0 Å². The molecule has 1 aliphatic heterocycles. The zero-order chi connectivity index (χ0) is 13.1. The molecule has 2 aliphatic rings. The highest BCUT2D eigenvalue weighted by atomic mass is 16.3. The lowest BCUT2D eigenvalue weighted by molar-refractivity contribution is -0.0723. The number of nitrogens with zero attached hydrogens (tertiary/aromatic N) is 1. The zero-order valence-corrected chi connectivity index (χ0v) is 11.7. The third-order valence-electron chi connectivity index (χ3n) is 5.03. The van der Waals surface area contributed by atoms with Crippen molar-refractivity contribution in [1.82, 2.24) is 4.90 Å². The molecule has 3 rings (SSSR count). The molecule has 0 bridgehead atoms. The van der Waals surface area contributed by atoms with E-state index in [0.717, 1.165) is 25.9 Å². The molecule has 2 heteroatoms. The SMILES string of the molecule is OC1CCCCC1(c1ccccc1)N1CCCCC1. The van der Waals surface area contributed by atoms with E-state index < -0.39 is 0 Å². The second kappa shape index (κ2) is 5.64. The minimum atomic E-state index is -0.207. The summed E-state index contributed by atoms with van der Waals surface area (Å²) in [5.41, 5.74) is 1.21. The molecular weight excluding hydrogens is 234 g/mol. The van der Waals surface area contributed by atoms with Gasteiger partial charge in [-0.25, -0.2) is 0 Å². The van der Waals surface area contributed by atoms with Gasteiger partial charge in [0.05, 0.1) is 11.6 Å². The predicted molar refractivity (Wildman–Crippen MR) is 78.0 cm³/mol. The molecule has 1 heterocycles. The Labute approximate surface area is 116 Å². The number of hydrogen-bond acceptors (Lipinski definition) is 2. The van der Waals surface area contributed by atoms with Crippen LogP contribution in [-0.2, 0) is 5.54 Å². The Bertz CT molecular complexity index is 399. The molecule has 2 atom stereocenters. The van der Waals surface area contributed by atoms with Crippen molar-refractivity contribution in [1.29, 1.82) is 0 Å².